The molecule has 2 aliphatic rings. The average molecular weight is 238 g/mol. The largest absolute Gasteiger partial charge is 0.333 e. The Balaban J connectivity index is 1.83. The van der Waals surface area contributed by atoms with Crippen LogP contribution in [-0.2, 0) is 28.2 Å². The summed E-state index contributed by atoms with van der Waals surface area (Å²) in [6.07, 6.45) is 0. The van der Waals surface area contributed by atoms with Crippen molar-refractivity contribution >= 4 is 8.81 Å². The third-order valence-electron chi connectivity index (χ3n) is 2.24. The van der Waals surface area contributed by atoms with Crippen LogP contribution in [0.1, 0.15) is 0 Å². The number of methoxy groups -OCH3 is 2. The average Bonchev–Trinajstić information content (AvgIpc) is 2.31. The molecule has 1 spiro atoms. The lowest BCUT2D eigenvalue weighted by Gasteiger charge is -2.42. The lowest BCUT2D eigenvalue weighted by molar-refractivity contribution is -0.323. The Morgan fingerprint density at radius 3 is 1.93 bits per heavy atom. The number of rotatable bonds is 2. The Bertz CT molecular complexity index is 172. The summed E-state index contributed by atoms with van der Waals surface area (Å²) >= 11 is 0. The second kappa shape index (κ2) is 5.01. The predicted octanol–water partition coefficient (Wildman–Crippen LogP) is 0.272. The molecule has 88 valence electrons. The van der Waals surface area contributed by atoms with Crippen LogP contribution in [0.15, 0.2) is 0 Å². The summed E-state index contributed by atoms with van der Waals surface area (Å²) in [6.45, 7) is 0.413. The third-order valence-corrected chi connectivity index (χ3v) is 3.42. The first-order valence-electron chi connectivity index (χ1n) is 4.61. The number of hydrogen-bond acceptors (Lipinski definition) is 6. The van der Waals surface area contributed by atoms with Gasteiger partial charge in [0.05, 0.1) is 25.0 Å². The normalized spacial score (nSPS) is 43.6. The third kappa shape index (κ3) is 2.65. The molecular formula is C8H15O6P. The van der Waals surface area contributed by atoms with E-state index < -0.39 is 13.0 Å². The zero-order chi connectivity index (χ0) is 10.7. The molecule has 6 nitrogen and oxygen atoms in total. The summed E-state index contributed by atoms with van der Waals surface area (Å²) in [6, 6.07) is 0. The molecule has 2 fully saturated rings. The van der Waals surface area contributed by atoms with Crippen molar-refractivity contribution in [3.05, 3.63) is 0 Å². The molecule has 2 atom stereocenters. The van der Waals surface area contributed by atoms with Crippen molar-refractivity contribution < 1.29 is 28.2 Å². The fourth-order valence-electron chi connectivity index (χ4n) is 1.40. The van der Waals surface area contributed by atoms with Gasteiger partial charge in [0.25, 0.3) is 13.0 Å². The van der Waals surface area contributed by atoms with Crippen LogP contribution in [0.25, 0.3) is 0 Å². The van der Waals surface area contributed by atoms with Gasteiger partial charge in [-0.2, -0.15) is 0 Å². The lowest BCUT2D eigenvalue weighted by Crippen LogP contribution is -2.51. The molecule has 0 aromatic carbocycles. The van der Waals surface area contributed by atoms with E-state index in [0.29, 0.717) is 19.8 Å². The molecular weight excluding hydrogens is 223 g/mol. The van der Waals surface area contributed by atoms with Crippen molar-refractivity contribution in [2.45, 2.75) is 18.1 Å². The zero-order valence-corrected chi connectivity index (χ0v) is 9.73. The van der Waals surface area contributed by atoms with E-state index in [0.717, 1.165) is 0 Å². The molecule has 2 aliphatic heterocycles. The monoisotopic (exact) mass is 238 g/mol. The van der Waals surface area contributed by atoms with Gasteiger partial charge in [0.1, 0.15) is 0 Å². The summed E-state index contributed by atoms with van der Waals surface area (Å²) in [5.74, 6) is 0. The molecule has 7 heteroatoms. The van der Waals surface area contributed by atoms with Gasteiger partial charge >= 0.3 is 0 Å². The van der Waals surface area contributed by atoms with E-state index in [4.69, 9.17) is 28.2 Å². The van der Waals surface area contributed by atoms with E-state index in [2.05, 4.69) is 0 Å². The summed E-state index contributed by atoms with van der Waals surface area (Å²) < 4.78 is 31.3. The van der Waals surface area contributed by atoms with Crippen LogP contribution in [0.4, 0.5) is 0 Å². The van der Waals surface area contributed by atoms with E-state index in [1.807, 2.05) is 0 Å². The van der Waals surface area contributed by atoms with Gasteiger partial charge < -0.3 is 28.2 Å². The first kappa shape index (κ1) is 11.7. The molecule has 2 saturated heterocycles. The fraction of sp³-hybridized carbons (Fsp3) is 1.00. The molecule has 0 aromatic heterocycles. The quantitative estimate of drug-likeness (QED) is 0.644. The van der Waals surface area contributed by atoms with Crippen LogP contribution in [0, 0.1) is 0 Å². The van der Waals surface area contributed by atoms with Crippen LogP contribution in [0.5, 0.6) is 0 Å². The minimum absolute atomic E-state index is 0.204. The summed E-state index contributed by atoms with van der Waals surface area (Å²) in [5.41, 5.74) is 0. The first-order chi connectivity index (χ1) is 7.28. The maximum atomic E-state index is 5.37. The second-order valence-corrected chi connectivity index (χ2v) is 4.98. The van der Waals surface area contributed by atoms with Crippen LogP contribution in [0.3, 0.4) is 0 Å². The Hall–Kier alpha value is 0.190. The van der Waals surface area contributed by atoms with Gasteiger partial charge in [-0.05, 0) is 0 Å². The molecule has 2 heterocycles. The minimum Gasteiger partial charge on any atom is -0.333 e. The zero-order valence-electron chi connectivity index (χ0n) is 8.73. The molecule has 0 N–H and O–H groups in total. The topological polar surface area (TPSA) is 55.4 Å². The molecule has 0 aromatic rings. The number of ether oxygens (including phenoxy) is 5. The van der Waals surface area contributed by atoms with E-state index in [-0.39, 0.29) is 14.0 Å². The van der Waals surface area contributed by atoms with Crippen molar-refractivity contribution in [3.8, 4) is 0 Å². The van der Waals surface area contributed by atoms with Crippen LogP contribution < -0.4 is 0 Å². The molecule has 0 radical (unpaired) electrons. The number of hydrogen-bond donors (Lipinski definition) is 0. The standard InChI is InChI=1S/C8H15O6P/c1-9-6-11-3-8(4-12-6)5-13-7(10-2)14-15-8/h6-7,15H,3-5H2,1-2H3. The highest BCUT2D eigenvalue weighted by atomic mass is 31.1. The van der Waals surface area contributed by atoms with Crippen molar-refractivity contribution in [1.82, 2.24) is 0 Å². The highest BCUT2D eigenvalue weighted by Gasteiger charge is 2.42. The van der Waals surface area contributed by atoms with Crippen molar-refractivity contribution in [3.63, 3.8) is 0 Å². The van der Waals surface area contributed by atoms with Gasteiger partial charge in [0.2, 0.25) is 0 Å². The van der Waals surface area contributed by atoms with E-state index in [1.54, 1.807) is 14.2 Å². The Morgan fingerprint density at radius 2 is 1.53 bits per heavy atom. The Kier molecular flexibility index (Phi) is 3.90. The van der Waals surface area contributed by atoms with E-state index in [1.165, 1.54) is 0 Å². The summed E-state index contributed by atoms with van der Waals surface area (Å²) in [5, 5.41) is -0.204. The fourth-order valence-corrected chi connectivity index (χ4v) is 2.34. The van der Waals surface area contributed by atoms with Crippen LogP contribution in [0.2, 0.25) is 0 Å². The van der Waals surface area contributed by atoms with Gasteiger partial charge in [0, 0.05) is 23.0 Å². The van der Waals surface area contributed by atoms with Gasteiger partial charge in [0.15, 0.2) is 0 Å². The summed E-state index contributed by atoms with van der Waals surface area (Å²) in [7, 11) is 3.33. The SMILES string of the molecule is COC1OCC2(CO1)COC(OC)OP2. The Labute approximate surface area is 90.0 Å². The van der Waals surface area contributed by atoms with Crippen molar-refractivity contribution in [2.24, 2.45) is 0 Å². The molecule has 0 amide bonds. The smallest absolute Gasteiger partial charge is 0.274 e. The second-order valence-electron chi connectivity index (χ2n) is 3.48. The van der Waals surface area contributed by atoms with E-state index in [9.17, 15) is 0 Å². The molecule has 0 saturated carbocycles. The molecule has 2 unspecified atom stereocenters. The maximum absolute atomic E-state index is 5.37. The highest BCUT2D eigenvalue weighted by molar-refractivity contribution is 7.34. The highest BCUT2D eigenvalue weighted by Crippen LogP contribution is 2.41. The Morgan fingerprint density at radius 1 is 1.00 bits per heavy atom. The summed E-state index contributed by atoms with van der Waals surface area (Å²) in [4.78, 5) is 0. The van der Waals surface area contributed by atoms with Crippen LogP contribution in [-0.4, -0.2) is 52.1 Å². The first-order valence-corrected chi connectivity index (χ1v) is 5.52. The maximum Gasteiger partial charge on any atom is 0.274 e. The van der Waals surface area contributed by atoms with Gasteiger partial charge in [-0.3, -0.25) is 0 Å². The molecule has 15 heavy (non-hydrogen) atoms. The van der Waals surface area contributed by atoms with Crippen LogP contribution >= 0.6 is 8.81 Å². The van der Waals surface area contributed by atoms with Crippen molar-refractivity contribution in [1.29, 1.82) is 0 Å². The molecule has 0 bridgehead atoms. The van der Waals surface area contributed by atoms with Gasteiger partial charge in [-0.15, -0.1) is 0 Å². The van der Waals surface area contributed by atoms with Gasteiger partial charge in [-0.25, -0.2) is 0 Å². The predicted molar refractivity (Wildman–Crippen MR) is 51.6 cm³/mol. The lowest BCUT2D eigenvalue weighted by atomic mass is 10.1. The molecule has 0 aliphatic carbocycles. The molecule has 2 rings (SSSR count). The van der Waals surface area contributed by atoms with Gasteiger partial charge in [-0.1, -0.05) is 0 Å². The minimum atomic E-state index is -0.569. The van der Waals surface area contributed by atoms with Crippen molar-refractivity contribution in [2.75, 3.05) is 34.0 Å². The van der Waals surface area contributed by atoms with E-state index >= 15 is 0 Å².